The van der Waals surface area contributed by atoms with Gasteiger partial charge in [-0.15, -0.1) is 0 Å². The van der Waals surface area contributed by atoms with Crippen LogP contribution in [0.4, 0.5) is 17.6 Å². The molecule has 1 unspecified atom stereocenters. The maximum atomic E-state index is 11.8. The minimum atomic E-state index is -4.49. The largest absolute Gasteiger partial charge is 0.406 e. The maximum Gasteiger partial charge on any atom is 0.406 e. The molecular formula is C6H11F4N. The van der Waals surface area contributed by atoms with E-state index in [1.165, 1.54) is 13.8 Å². The fourth-order valence-corrected chi connectivity index (χ4v) is 0.629. The van der Waals surface area contributed by atoms with Gasteiger partial charge in [-0.05, 0) is 0 Å². The van der Waals surface area contributed by atoms with Gasteiger partial charge in [-0.2, -0.15) is 13.2 Å². The molecule has 0 aromatic rings. The molecule has 0 radical (unpaired) electrons. The summed E-state index contributed by atoms with van der Waals surface area (Å²) in [5, 5.41) is 2.07. The van der Waals surface area contributed by atoms with Crippen LogP contribution in [0.1, 0.15) is 13.8 Å². The number of halogens is 4. The van der Waals surface area contributed by atoms with E-state index in [0.29, 0.717) is 0 Å². The van der Waals surface area contributed by atoms with Crippen LogP contribution in [0.25, 0.3) is 0 Å². The average molecular weight is 173 g/mol. The predicted molar refractivity (Wildman–Crippen MR) is 34.1 cm³/mol. The lowest BCUT2D eigenvalue weighted by atomic mass is 10.2. The smallest absolute Gasteiger partial charge is 0.302 e. The van der Waals surface area contributed by atoms with Crippen molar-refractivity contribution in [3.8, 4) is 0 Å². The molecule has 0 heterocycles. The van der Waals surface area contributed by atoms with Gasteiger partial charge in [-0.1, -0.05) is 13.8 Å². The highest BCUT2D eigenvalue weighted by Gasteiger charge is 2.39. The molecule has 0 rings (SSSR count). The topological polar surface area (TPSA) is 12.0 Å². The fraction of sp³-hybridized carbons (Fsp3) is 1.00. The molecule has 5 heteroatoms. The molecule has 0 aromatic heterocycles. The van der Waals surface area contributed by atoms with E-state index < -0.39 is 18.9 Å². The summed E-state index contributed by atoms with van der Waals surface area (Å²) in [6.07, 6.45) is -4.49. The molecule has 0 aliphatic carbocycles. The Kier molecular flexibility index (Phi) is 3.78. The van der Waals surface area contributed by atoms with Crippen LogP contribution in [0, 0.1) is 0 Å². The van der Waals surface area contributed by atoms with Gasteiger partial charge >= 0.3 is 6.18 Å². The summed E-state index contributed by atoms with van der Waals surface area (Å²) in [7, 11) is 0. The lowest BCUT2D eigenvalue weighted by Gasteiger charge is -2.20. The highest BCUT2D eigenvalue weighted by atomic mass is 19.4. The highest BCUT2D eigenvalue weighted by molar-refractivity contribution is 4.75. The second kappa shape index (κ2) is 3.90. The van der Waals surface area contributed by atoms with Crippen LogP contribution in [-0.2, 0) is 0 Å². The molecule has 0 spiro atoms. The summed E-state index contributed by atoms with van der Waals surface area (Å²) in [5.41, 5.74) is 0. The average Bonchev–Trinajstić information content (AvgIpc) is 1.79. The van der Waals surface area contributed by atoms with E-state index in [9.17, 15) is 17.6 Å². The standard InChI is InChI=1S/C6H11F4N/c1-4(2)11-5(3-7)6(8,9)10/h4-5,11H,3H2,1-2H3. The summed E-state index contributed by atoms with van der Waals surface area (Å²) < 4.78 is 47.1. The van der Waals surface area contributed by atoms with Gasteiger partial charge in [0.15, 0.2) is 0 Å². The Morgan fingerprint density at radius 3 is 1.82 bits per heavy atom. The van der Waals surface area contributed by atoms with Gasteiger partial charge < -0.3 is 5.32 Å². The number of hydrogen-bond acceptors (Lipinski definition) is 1. The van der Waals surface area contributed by atoms with Gasteiger partial charge in [0.05, 0.1) is 0 Å². The van der Waals surface area contributed by atoms with Crippen LogP contribution in [0.15, 0.2) is 0 Å². The van der Waals surface area contributed by atoms with E-state index in [1.54, 1.807) is 0 Å². The molecule has 11 heavy (non-hydrogen) atoms. The molecule has 0 aromatic carbocycles. The molecular weight excluding hydrogens is 162 g/mol. The van der Waals surface area contributed by atoms with Gasteiger partial charge in [-0.25, -0.2) is 4.39 Å². The summed E-state index contributed by atoms with van der Waals surface area (Å²) in [4.78, 5) is 0. The van der Waals surface area contributed by atoms with Crippen LogP contribution in [-0.4, -0.2) is 24.9 Å². The van der Waals surface area contributed by atoms with E-state index in [4.69, 9.17) is 0 Å². The molecule has 1 atom stereocenters. The minimum Gasteiger partial charge on any atom is -0.302 e. The first-order chi connectivity index (χ1) is 4.88. The molecule has 0 fully saturated rings. The number of alkyl halides is 4. The van der Waals surface area contributed by atoms with Crippen molar-refractivity contribution in [1.29, 1.82) is 0 Å². The second-order valence-electron chi connectivity index (χ2n) is 2.57. The lowest BCUT2D eigenvalue weighted by molar-refractivity contribution is -0.160. The van der Waals surface area contributed by atoms with Crippen molar-refractivity contribution in [1.82, 2.24) is 5.32 Å². The lowest BCUT2D eigenvalue weighted by Crippen LogP contribution is -2.46. The highest BCUT2D eigenvalue weighted by Crippen LogP contribution is 2.20. The van der Waals surface area contributed by atoms with Crippen molar-refractivity contribution < 1.29 is 17.6 Å². The summed E-state index contributed by atoms with van der Waals surface area (Å²) >= 11 is 0. The van der Waals surface area contributed by atoms with E-state index in [1.807, 2.05) is 0 Å². The normalized spacial score (nSPS) is 15.5. The number of nitrogens with one attached hydrogen (secondary N) is 1. The zero-order chi connectivity index (χ0) is 9.07. The zero-order valence-corrected chi connectivity index (χ0v) is 6.37. The van der Waals surface area contributed by atoms with Crippen LogP contribution in [0.2, 0.25) is 0 Å². The summed E-state index contributed by atoms with van der Waals surface area (Å²) in [6, 6.07) is -2.39. The Bertz CT molecular complexity index is 110. The molecule has 0 bridgehead atoms. The van der Waals surface area contributed by atoms with Gasteiger partial charge in [0.2, 0.25) is 0 Å². The SMILES string of the molecule is CC(C)NC(CF)C(F)(F)F. The van der Waals surface area contributed by atoms with Gasteiger partial charge in [0, 0.05) is 6.04 Å². The molecule has 1 nitrogen and oxygen atoms in total. The molecule has 0 aliphatic rings. The van der Waals surface area contributed by atoms with Crippen LogP contribution < -0.4 is 5.32 Å². The first-order valence-corrected chi connectivity index (χ1v) is 3.26. The molecule has 0 aliphatic heterocycles. The Morgan fingerprint density at radius 1 is 1.27 bits per heavy atom. The van der Waals surface area contributed by atoms with Crippen LogP contribution >= 0.6 is 0 Å². The first-order valence-electron chi connectivity index (χ1n) is 3.26. The van der Waals surface area contributed by atoms with Crippen molar-refractivity contribution >= 4 is 0 Å². The summed E-state index contributed by atoms with van der Waals surface area (Å²) in [5.74, 6) is 0. The van der Waals surface area contributed by atoms with Crippen molar-refractivity contribution in [3.63, 3.8) is 0 Å². The maximum absolute atomic E-state index is 11.8. The fourth-order valence-electron chi connectivity index (χ4n) is 0.629. The van der Waals surface area contributed by atoms with E-state index in [-0.39, 0.29) is 6.04 Å². The molecule has 1 N–H and O–H groups in total. The minimum absolute atomic E-state index is 0.364. The third-order valence-corrected chi connectivity index (χ3v) is 1.08. The van der Waals surface area contributed by atoms with Crippen molar-refractivity contribution in [3.05, 3.63) is 0 Å². The Morgan fingerprint density at radius 2 is 1.73 bits per heavy atom. The quantitative estimate of drug-likeness (QED) is 0.642. The van der Waals surface area contributed by atoms with Crippen molar-refractivity contribution in [2.75, 3.05) is 6.67 Å². The Balaban J connectivity index is 3.96. The Labute approximate surface area is 62.8 Å². The van der Waals surface area contributed by atoms with E-state index in [0.717, 1.165) is 0 Å². The molecule has 0 saturated carbocycles. The zero-order valence-electron chi connectivity index (χ0n) is 6.37. The van der Waals surface area contributed by atoms with Crippen LogP contribution in [0.3, 0.4) is 0 Å². The Hall–Kier alpha value is -0.320. The third kappa shape index (κ3) is 4.19. The number of hydrogen-bond donors (Lipinski definition) is 1. The predicted octanol–water partition coefficient (Wildman–Crippen LogP) is 1.88. The van der Waals surface area contributed by atoms with E-state index in [2.05, 4.69) is 5.32 Å². The second-order valence-corrected chi connectivity index (χ2v) is 2.57. The molecule has 0 amide bonds. The molecule has 68 valence electrons. The van der Waals surface area contributed by atoms with Crippen LogP contribution in [0.5, 0.6) is 0 Å². The van der Waals surface area contributed by atoms with Gasteiger partial charge in [0.1, 0.15) is 12.7 Å². The first kappa shape index (κ1) is 10.7. The third-order valence-electron chi connectivity index (χ3n) is 1.08. The van der Waals surface area contributed by atoms with Gasteiger partial charge in [-0.3, -0.25) is 0 Å². The monoisotopic (exact) mass is 173 g/mol. The van der Waals surface area contributed by atoms with Gasteiger partial charge in [0.25, 0.3) is 0 Å². The molecule has 0 saturated heterocycles. The summed E-state index contributed by atoms with van der Waals surface area (Å²) in [6.45, 7) is 1.66. The number of rotatable bonds is 3. The van der Waals surface area contributed by atoms with E-state index >= 15 is 0 Å². The van der Waals surface area contributed by atoms with Crippen molar-refractivity contribution in [2.45, 2.75) is 32.1 Å². The van der Waals surface area contributed by atoms with Crippen molar-refractivity contribution in [2.24, 2.45) is 0 Å².